The van der Waals surface area contributed by atoms with Crippen molar-refractivity contribution in [3.8, 4) is 0 Å². The first-order valence-electron chi connectivity index (χ1n) is 2.20. The van der Waals surface area contributed by atoms with Gasteiger partial charge in [0.05, 0.1) is 5.57 Å². The first-order chi connectivity index (χ1) is 4.54. The van der Waals surface area contributed by atoms with Crippen molar-refractivity contribution in [3.05, 3.63) is 11.8 Å². The summed E-state index contributed by atoms with van der Waals surface area (Å²) in [6.45, 7) is 1.22. The topological polar surface area (TPSA) is 86.7 Å². The first-order valence-corrected chi connectivity index (χ1v) is 3.20. The zero-order valence-electron chi connectivity index (χ0n) is 5.07. The van der Waals surface area contributed by atoms with Gasteiger partial charge in [0.1, 0.15) is 17.6 Å². The third-order valence-corrected chi connectivity index (χ3v) is 0.894. The van der Waals surface area contributed by atoms with Crippen molar-refractivity contribution in [2.24, 2.45) is 0 Å². The Labute approximate surface area is 59.8 Å². The molecule has 0 radical (unpaired) electrons. The van der Waals surface area contributed by atoms with Crippen LogP contribution in [-0.2, 0) is 20.3 Å². The van der Waals surface area contributed by atoms with E-state index >= 15 is 0 Å². The predicted octanol–water partition coefficient (Wildman–Crippen LogP) is -0.215. The van der Waals surface area contributed by atoms with Gasteiger partial charge in [0.25, 0.3) is 0 Å². The van der Waals surface area contributed by atoms with E-state index in [4.69, 9.17) is 5.11 Å². The Balaban J connectivity index is 3.92. The van der Waals surface area contributed by atoms with E-state index in [1.54, 1.807) is 0 Å². The molecule has 0 heterocycles. The van der Waals surface area contributed by atoms with Gasteiger partial charge in [-0.15, -0.1) is 0 Å². The summed E-state index contributed by atoms with van der Waals surface area (Å²) < 4.78 is 23.2. The summed E-state index contributed by atoms with van der Waals surface area (Å²) in [4.78, 5) is 9.96. The molecular formula is C4H5O5S-. The molecule has 1 atom stereocenters. The average molecular weight is 165 g/mol. The van der Waals surface area contributed by atoms with Crippen LogP contribution in [0, 0.1) is 0 Å². The molecule has 0 fully saturated rings. The van der Waals surface area contributed by atoms with Crippen LogP contribution in [0.3, 0.4) is 0 Å². The number of hydrogen-bond donors (Lipinski definition) is 1. The van der Waals surface area contributed by atoms with Crippen molar-refractivity contribution in [1.82, 2.24) is 0 Å². The zero-order chi connectivity index (χ0) is 8.15. The minimum absolute atomic E-state index is 0.177. The summed E-state index contributed by atoms with van der Waals surface area (Å²) in [5.41, 5.74) is -0.177. The second-order valence-corrected chi connectivity index (χ2v) is 2.01. The fourth-order valence-corrected chi connectivity index (χ4v) is 0.385. The molecule has 0 aliphatic rings. The molecule has 0 aliphatic carbocycles. The van der Waals surface area contributed by atoms with Gasteiger partial charge in [-0.1, -0.05) is 0 Å². The van der Waals surface area contributed by atoms with Crippen LogP contribution in [0.5, 0.6) is 0 Å². The summed E-state index contributed by atoms with van der Waals surface area (Å²) in [5, 5.41) is 8.15. The fraction of sp³-hybridized carbons (Fsp3) is 0.250. The van der Waals surface area contributed by atoms with E-state index in [0.717, 1.165) is 0 Å². The molecule has 0 spiro atoms. The van der Waals surface area contributed by atoms with Gasteiger partial charge in [0.15, 0.2) is 0 Å². The van der Waals surface area contributed by atoms with Crippen LogP contribution in [0.4, 0.5) is 0 Å². The SMILES string of the molecule is CC(=COS(=O)[O-])C(=O)O. The number of aliphatic carboxylic acids is 1. The van der Waals surface area contributed by atoms with Crippen LogP contribution in [-0.4, -0.2) is 19.8 Å². The molecule has 0 aromatic rings. The second kappa shape index (κ2) is 4.02. The largest absolute Gasteiger partial charge is 0.740 e. The minimum Gasteiger partial charge on any atom is -0.740 e. The van der Waals surface area contributed by atoms with Gasteiger partial charge >= 0.3 is 5.97 Å². The molecule has 5 nitrogen and oxygen atoms in total. The Morgan fingerprint density at radius 3 is 2.60 bits per heavy atom. The Kier molecular flexibility index (Phi) is 3.67. The molecule has 0 bridgehead atoms. The van der Waals surface area contributed by atoms with Crippen molar-refractivity contribution in [1.29, 1.82) is 0 Å². The highest BCUT2D eigenvalue weighted by Crippen LogP contribution is 1.93. The summed E-state index contributed by atoms with van der Waals surface area (Å²) in [6, 6.07) is 0. The molecule has 0 aromatic carbocycles. The molecule has 0 amide bonds. The third kappa shape index (κ3) is 4.04. The fourth-order valence-electron chi connectivity index (χ4n) is 0.162. The predicted molar refractivity (Wildman–Crippen MR) is 31.4 cm³/mol. The molecule has 0 rings (SSSR count). The van der Waals surface area contributed by atoms with E-state index in [2.05, 4.69) is 4.18 Å². The number of rotatable bonds is 3. The average Bonchev–Trinajstić information content (AvgIpc) is 1.82. The van der Waals surface area contributed by atoms with E-state index in [-0.39, 0.29) is 5.57 Å². The number of hydrogen-bond acceptors (Lipinski definition) is 4. The third-order valence-electron chi connectivity index (χ3n) is 0.641. The Bertz CT molecular complexity index is 184. The van der Waals surface area contributed by atoms with Crippen molar-refractivity contribution in [3.63, 3.8) is 0 Å². The lowest BCUT2D eigenvalue weighted by molar-refractivity contribution is -0.132. The lowest BCUT2D eigenvalue weighted by Gasteiger charge is -2.00. The molecule has 0 saturated carbocycles. The number of carboxylic acids is 1. The normalized spacial score (nSPS) is 14.4. The van der Waals surface area contributed by atoms with Crippen molar-refractivity contribution < 1.29 is 22.8 Å². The molecule has 6 heteroatoms. The highest BCUT2D eigenvalue weighted by atomic mass is 32.2. The van der Waals surface area contributed by atoms with Crippen LogP contribution in [0.1, 0.15) is 6.92 Å². The van der Waals surface area contributed by atoms with Crippen molar-refractivity contribution in [2.75, 3.05) is 0 Å². The maximum Gasteiger partial charge on any atom is 0.334 e. The Morgan fingerprint density at radius 2 is 2.30 bits per heavy atom. The highest BCUT2D eigenvalue weighted by Gasteiger charge is 1.98. The zero-order valence-corrected chi connectivity index (χ0v) is 5.88. The van der Waals surface area contributed by atoms with Gasteiger partial charge in [-0.05, 0) is 6.92 Å². The van der Waals surface area contributed by atoms with E-state index in [0.29, 0.717) is 6.26 Å². The van der Waals surface area contributed by atoms with Gasteiger partial charge in [-0.25, -0.2) is 9.00 Å². The Morgan fingerprint density at radius 1 is 1.80 bits per heavy atom. The first kappa shape index (κ1) is 9.12. The minimum atomic E-state index is -2.69. The Hall–Kier alpha value is -0.880. The summed E-state index contributed by atoms with van der Waals surface area (Å²) in [6.07, 6.45) is 0.644. The standard InChI is InChI=1S/C4H6O5S/c1-3(4(5)6)2-9-10(7)8/h2H,1H3,(H,5,6)(H,7,8)/p-1. The van der Waals surface area contributed by atoms with Gasteiger partial charge in [-0.3, -0.25) is 0 Å². The molecular weight excluding hydrogens is 160 g/mol. The summed E-state index contributed by atoms with van der Waals surface area (Å²) in [7, 11) is 0. The summed E-state index contributed by atoms with van der Waals surface area (Å²) >= 11 is -2.69. The lowest BCUT2D eigenvalue weighted by atomic mass is 10.4. The van der Waals surface area contributed by atoms with Gasteiger partial charge < -0.3 is 13.8 Å². The highest BCUT2D eigenvalue weighted by molar-refractivity contribution is 7.74. The van der Waals surface area contributed by atoms with Crippen LogP contribution < -0.4 is 0 Å². The second-order valence-electron chi connectivity index (χ2n) is 1.41. The van der Waals surface area contributed by atoms with Crippen molar-refractivity contribution >= 4 is 17.3 Å². The molecule has 0 saturated heterocycles. The number of carboxylic acid groups (broad SMARTS) is 1. The van der Waals surface area contributed by atoms with Crippen LogP contribution in [0.15, 0.2) is 11.8 Å². The maximum absolute atomic E-state index is 9.96. The molecule has 10 heavy (non-hydrogen) atoms. The molecule has 0 aliphatic heterocycles. The monoisotopic (exact) mass is 165 g/mol. The van der Waals surface area contributed by atoms with Crippen molar-refractivity contribution in [2.45, 2.75) is 6.92 Å². The van der Waals surface area contributed by atoms with Crippen LogP contribution in [0.2, 0.25) is 0 Å². The lowest BCUT2D eigenvalue weighted by Crippen LogP contribution is -1.98. The number of carbonyl (C=O) groups is 1. The van der Waals surface area contributed by atoms with Crippen LogP contribution in [0.25, 0.3) is 0 Å². The van der Waals surface area contributed by atoms with Crippen LogP contribution >= 0.6 is 0 Å². The van der Waals surface area contributed by atoms with Gasteiger partial charge in [0, 0.05) is 0 Å². The maximum atomic E-state index is 9.96. The van der Waals surface area contributed by atoms with E-state index < -0.39 is 17.3 Å². The molecule has 58 valence electrons. The van der Waals surface area contributed by atoms with Gasteiger partial charge in [0.2, 0.25) is 0 Å². The molecule has 1 N–H and O–H groups in total. The molecule has 1 unspecified atom stereocenters. The molecule has 0 aromatic heterocycles. The smallest absolute Gasteiger partial charge is 0.334 e. The van der Waals surface area contributed by atoms with E-state index in [9.17, 15) is 13.6 Å². The quantitative estimate of drug-likeness (QED) is 0.355. The van der Waals surface area contributed by atoms with E-state index in [1.807, 2.05) is 0 Å². The van der Waals surface area contributed by atoms with Gasteiger partial charge in [-0.2, -0.15) is 0 Å². The summed E-state index contributed by atoms with van der Waals surface area (Å²) in [5.74, 6) is -1.22. The van der Waals surface area contributed by atoms with E-state index in [1.165, 1.54) is 6.92 Å².